The van der Waals surface area contributed by atoms with Crippen molar-refractivity contribution in [3.8, 4) is 0 Å². The van der Waals surface area contributed by atoms with Gasteiger partial charge in [0, 0.05) is 0 Å². The maximum absolute atomic E-state index is 11.8. The maximum atomic E-state index is 11.8. The highest BCUT2D eigenvalue weighted by Gasteiger charge is 2.56. The lowest BCUT2D eigenvalue weighted by Crippen LogP contribution is -2.42. The third kappa shape index (κ3) is 3.93. The van der Waals surface area contributed by atoms with Crippen LogP contribution in [0, 0.1) is 52.3 Å². The van der Waals surface area contributed by atoms with Gasteiger partial charge in [0.2, 0.25) is 0 Å². The summed E-state index contributed by atoms with van der Waals surface area (Å²) in [7, 11) is 0. The number of carbonyl (C=O) groups is 1. The molecule has 0 aliphatic heterocycles. The van der Waals surface area contributed by atoms with Crippen LogP contribution in [0.2, 0.25) is 0 Å². The quantitative estimate of drug-likeness (QED) is 0.543. The first-order valence-corrected chi connectivity index (χ1v) is 10.7. The number of carboxylic acid groups (broad SMARTS) is 1. The molecule has 2 heteroatoms. The zero-order chi connectivity index (χ0) is 19.2. The Morgan fingerprint density at radius 3 is 2.16 bits per heavy atom. The predicted octanol–water partition coefficient (Wildman–Crippen LogP) is 6.49. The first-order chi connectivity index (χ1) is 11.4. The Balaban J connectivity index is 2.29. The topological polar surface area (TPSA) is 37.3 Å². The molecule has 7 unspecified atom stereocenters. The van der Waals surface area contributed by atoms with Crippen molar-refractivity contribution < 1.29 is 9.90 Å². The van der Waals surface area contributed by atoms with Crippen LogP contribution < -0.4 is 0 Å². The number of carboxylic acids is 1. The van der Waals surface area contributed by atoms with E-state index in [1.807, 2.05) is 0 Å². The largest absolute Gasteiger partial charge is 0.481 e. The fourth-order valence-corrected chi connectivity index (χ4v) is 6.27. The zero-order valence-electron chi connectivity index (χ0n) is 17.9. The van der Waals surface area contributed by atoms with Crippen LogP contribution >= 0.6 is 0 Å². The average molecular weight is 351 g/mol. The third-order valence-corrected chi connectivity index (χ3v) is 8.70. The summed E-state index contributed by atoms with van der Waals surface area (Å²) in [6.07, 6.45) is 5.74. The Morgan fingerprint density at radius 2 is 1.72 bits per heavy atom. The molecule has 2 rings (SSSR count). The summed E-state index contributed by atoms with van der Waals surface area (Å²) in [5, 5.41) is 9.69. The van der Waals surface area contributed by atoms with Crippen LogP contribution in [0.3, 0.4) is 0 Å². The summed E-state index contributed by atoms with van der Waals surface area (Å²) < 4.78 is 0. The molecule has 2 fully saturated rings. The molecule has 0 heterocycles. The lowest BCUT2D eigenvalue weighted by molar-refractivity contribution is -0.145. The van der Waals surface area contributed by atoms with E-state index in [0.29, 0.717) is 46.3 Å². The lowest BCUT2D eigenvalue weighted by Gasteiger charge is -2.47. The van der Waals surface area contributed by atoms with Gasteiger partial charge in [0.05, 0.1) is 5.92 Å². The Hall–Kier alpha value is -0.530. The second-order valence-electron chi connectivity index (χ2n) is 10.8. The van der Waals surface area contributed by atoms with Crippen LogP contribution in [0.15, 0.2) is 0 Å². The van der Waals surface area contributed by atoms with Crippen LogP contribution in [0.25, 0.3) is 0 Å². The molecule has 0 amide bonds. The van der Waals surface area contributed by atoms with Crippen molar-refractivity contribution in [3.05, 3.63) is 0 Å². The van der Waals surface area contributed by atoms with Crippen LogP contribution in [-0.2, 0) is 4.79 Å². The van der Waals surface area contributed by atoms with E-state index < -0.39 is 5.97 Å². The van der Waals surface area contributed by atoms with Crippen LogP contribution in [0.1, 0.15) is 87.5 Å². The van der Waals surface area contributed by atoms with Gasteiger partial charge in [-0.25, -0.2) is 0 Å². The molecule has 2 aliphatic carbocycles. The van der Waals surface area contributed by atoms with E-state index in [-0.39, 0.29) is 5.92 Å². The van der Waals surface area contributed by atoms with Crippen molar-refractivity contribution in [3.63, 3.8) is 0 Å². The molecule has 2 bridgehead atoms. The normalized spacial score (nSPS) is 35.0. The SMILES string of the molecule is CCC(C)(C)CC(C(C)C1C(C)C2CC(C(=O)O)C1C2)C(C)(C)CC. The number of fused-ring (bicyclic) bond motifs is 2. The molecule has 7 atom stereocenters. The van der Waals surface area contributed by atoms with E-state index in [1.54, 1.807) is 0 Å². The van der Waals surface area contributed by atoms with E-state index in [2.05, 4.69) is 55.4 Å². The Kier molecular flexibility index (Phi) is 6.01. The number of aliphatic carboxylic acids is 1. The van der Waals surface area contributed by atoms with E-state index in [0.717, 1.165) is 12.8 Å². The fraction of sp³-hybridized carbons (Fsp3) is 0.957. The summed E-state index contributed by atoms with van der Waals surface area (Å²) in [6.45, 7) is 19.2. The molecule has 1 N–H and O–H groups in total. The molecule has 0 spiro atoms. The van der Waals surface area contributed by atoms with Gasteiger partial charge in [0.15, 0.2) is 0 Å². The average Bonchev–Trinajstić information content (AvgIpc) is 3.10. The minimum atomic E-state index is -0.545. The fourth-order valence-electron chi connectivity index (χ4n) is 6.27. The van der Waals surface area contributed by atoms with Crippen LogP contribution in [-0.4, -0.2) is 11.1 Å². The number of hydrogen-bond donors (Lipinski definition) is 1. The van der Waals surface area contributed by atoms with Crippen molar-refractivity contribution in [1.82, 2.24) is 0 Å². The van der Waals surface area contributed by atoms with Crippen LogP contribution in [0.5, 0.6) is 0 Å². The van der Waals surface area contributed by atoms with Gasteiger partial charge in [0.1, 0.15) is 0 Å². The zero-order valence-corrected chi connectivity index (χ0v) is 17.9. The standard InChI is InChI=1S/C23H42O2/c1-9-22(5,6)13-19(23(7,8)10-2)15(4)20-14(3)16-11-17(20)18(12-16)21(24)25/h14-20H,9-13H2,1-8H3,(H,24,25). The van der Waals surface area contributed by atoms with Gasteiger partial charge in [-0.15, -0.1) is 0 Å². The highest BCUT2D eigenvalue weighted by molar-refractivity contribution is 5.71. The summed E-state index contributed by atoms with van der Waals surface area (Å²) in [6, 6.07) is 0. The summed E-state index contributed by atoms with van der Waals surface area (Å²) in [5.74, 6) is 2.96. The Bertz CT molecular complexity index is 478. The molecule has 0 aromatic heterocycles. The smallest absolute Gasteiger partial charge is 0.306 e. The molecule has 0 aromatic rings. The summed E-state index contributed by atoms with van der Waals surface area (Å²) >= 11 is 0. The van der Waals surface area contributed by atoms with E-state index >= 15 is 0 Å². The lowest BCUT2D eigenvalue weighted by atomic mass is 9.57. The minimum Gasteiger partial charge on any atom is -0.481 e. The Labute approximate surface area is 156 Å². The van der Waals surface area contributed by atoms with E-state index in [9.17, 15) is 9.90 Å². The highest BCUT2D eigenvalue weighted by Crippen LogP contribution is 2.60. The van der Waals surface area contributed by atoms with E-state index in [1.165, 1.54) is 19.3 Å². The van der Waals surface area contributed by atoms with Gasteiger partial charge in [-0.3, -0.25) is 4.79 Å². The second kappa shape index (κ2) is 7.24. The van der Waals surface area contributed by atoms with Gasteiger partial charge in [0.25, 0.3) is 0 Å². The summed E-state index contributed by atoms with van der Waals surface area (Å²) in [5.41, 5.74) is 0.671. The molecule has 25 heavy (non-hydrogen) atoms. The first-order valence-electron chi connectivity index (χ1n) is 10.7. The molecule has 0 radical (unpaired) electrons. The van der Waals surface area contributed by atoms with Gasteiger partial charge in [-0.1, -0.05) is 68.2 Å². The first kappa shape index (κ1) is 20.8. The van der Waals surface area contributed by atoms with Crippen molar-refractivity contribution in [2.24, 2.45) is 52.3 Å². The summed E-state index contributed by atoms with van der Waals surface area (Å²) in [4.78, 5) is 11.8. The van der Waals surface area contributed by atoms with Gasteiger partial charge >= 0.3 is 5.97 Å². The molecule has 146 valence electrons. The number of hydrogen-bond acceptors (Lipinski definition) is 1. The van der Waals surface area contributed by atoms with Crippen LogP contribution in [0.4, 0.5) is 0 Å². The van der Waals surface area contributed by atoms with Crippen molar-refractivity contribution in [2.75, 3.05) is 0 Å². The van der Waals surface area contributed by atoms with Gasteiger partial charge in [-0.05, 0) is 65.6 Å². The predicted molar refractivity (Wildman–Crippen MR) is 105 cm³/mol. The maximum Gasteiger partial charge on any atom is 0.306 e. The van der Waals surface area contributed by atoms with Crippen molar-refractivity contribution in [2.45, 2.75) is 87.5 Å². The molecule has 2 saturated carbocycles. The highest BCUT2D eigenvalue weighted by atomic mass is 16.4. The van der Waals surface area contributed by atoms with E-state index in [4.69, 9.17) is 0 Å². The second-order valence-corrected chi connectivity index (χ2v) is 10.8. The number of rotatable bonds is 8. The molecule has 2 nitrogen and oxygen atoms in total. The minimum absolute atomic E-state index is 0.0850. The molecular formula is C23H42O2. The molecule has 0 aromatic carbocycles. The van der Waals surface area contributed by atoms with Crippen molar-refractivity contribution >= 4 is 5.97 Å². The monoisotopic (exact) mass is 350 g/mol. The van der Waals surface area contributed by atoms with Gasteiger partial charge in [-0.2, -0.15) is 0 Å². The Morgan fingerprint density at radius 1 is 1.12 bits per heavy atom. The molecule has 2 aliphatic rings. The molecule has 0 saturated heterocycles. The third-order valence-electron chi connectivity index (χ3n) is 8.70. The van der Waals surface area contributed by atoms with Crippen molar-refractivity contribution in [1.29, 1.82) is 0 Å². The molecular weight excluding hydrogens is 308 g/mol. The van der Waals surface area contributed by atoms with Gasteiger partial charge < -0.3 is 5.11 Å².